The van der Waals surface area contributed by atoms with Crippen molar-refractivity contribution < 1.29 is 4.74 Å². The van der Waals surface area contributed by atoms with Gasteiger partial charge in [-0.1, -0.05) is 11.8 Å². The lowest BCUT2D eigenvalue weighted by Gasteiger charge is -2.57. The van der Waals surface area contributed by atoms with Gasteiger partial charge in [0, 0.05) is 24.5 Å². The molecule has 0 unspecified atom stereocenters. The van der Waals surface area contributed by atoms with Crippen LogP contribution >= 0.6 is 11.8 Å². The van der Waals surface area contributed by atoms with Crippen molar-refractivity contribution in [3.63, 3.8) is 0 Å². The molecule has 0 radical (unpaired) electrons. The van der Waals surface area contributed by atoms with Crippen molar-refractivity contribution >= 4 is 16.9 Å². The SMILES string of the molecule is C1CC2(CCO1)CSC(NC13CC4CC(CC(C4)C1)C3)=N2. The standard InChI is InChI=1S/C17H26N2OS/c1-3-20-4-2-16(1)11-21-15(18-16)19-17-8-12-5-13(9-17)7-14(6-12)10-17/h12-14H,1-11H2,(H,18,19). The van der Waals surface area contributed by atoms with Gasteiger partial charge in [-0.3, -0.25) is 4.99 Å². The molecule has 2 aliphatic heterocycles. The molecule has 0 atom stereocenters. The molecule has 1 spiro atoms. The lowest BCUT2D eigenvalue weighted by molar-refractivity contribution is -0.00973. The Morgan fingerprint density at radius 1 is 1.00 bits per heavy atom. The summed E-state index contributed by atoms with van der Waals surface area (Å²) in [5.74, 6) is 4.19. The van der Waals surface area contributed by atoms with Crippen LogP contribution in [-0.2, 0) is 4.74 Å². The van der Waals surface area contributed by atoms with Gasteiger partial charge in [-0.2, -0.15) is 0 Å². The Balaban J connectivity index is 1.35. The molecule has 116 valence electrons. The van der Waals surface area contributed by atoms with E-state index in [2.05, 4.69) is 5.32 Å². The van der Waals surface area contributed by atoms with E-state index in [1.807, 2.05) is 11.8 Å². The average molecular weight is 306 g/mol. The highest BCUT2D eigenvalue weighted by atomic mass is 32.2. The Morgan fingerprint density at radius 2 is 1.62 bits per heavy atom. The minimum atomic E-state index is 0.202. The second-order valence-electron chi connectivity index (χ2n) is 8.37. The molecule has 6 aliphatic rings. The van der Waals surface area contributed by atoms with E-state index in [4.69, 9.17) is 9.73 Å². The number of hydrogen-bond donors (Lipinski definition) is 1. The molecule has 0 amide bonds. The Kier molecular flexibility index (Phi) is 2.92. The van der Waals surface area contributed by atoms with E-state index in [-0.39, 0.29) is 5.54 Å². The minimum absolute atomic E-state index is 0.202. The first-order valence-electron chi connectivity index (χ1n) is 8.81. The Hall–Kier alpha value is -0.220. The van der Waals surface area contributed by atoms with E-state index in [1.54, 1.807) is 0 Å². The lowest BCUT2D eigenvalue weighted by atomic mass is 9.53. The van der Waals surface area contributed by atoms with Gasteiger partial charge in [-0.15, -0.1) is 0 Å². The van der Waals surface area contributed by atoms with E-state index in [1.165, 1.54) is 49.4 Å². The fourth-order valence-electron chi connectivity index (χ4n) is 6.04. The molecule has 1 N–H and O–H groups in total. The van der Waals surface area contributed by atoms with Crippen molar-refractivity contribution in [3.8, 4) is 0 Å². The summed E-state index contributed by atoms with van der Waals surface area (Å²) >= 11 is 1.98. The number of nitrogens with one attached hydrogen (secondary N) is 1. The summed E-state index contributed by atoms with van der Waals surface area (Å²) < 4.78 is 5.53. The summed E-state index contributed by atoms with van der Waals surface area (Å²) in [5, 5.41) is 5.23. The molecule has 0 aromatic heterocycles. The first kappa shape index (κ1) is 13.2. The quantitative estimate of drug-likeness (QED) is 0.808. The number of hydrogen-bond acceptors (Lipinski definition) is 4. The third-order valence-corrected chi connectivity index (χ3v) is 7.80. The topological polar surface area (TPSA) is 33.6 Å². The maximum atomic E-state index is 5.53. The molecule has 4 heteroatoms. The molecular weight excluding hydrogens is 280 g/mol. The molecular formula is C17H26N2OS. The molecule has 3 nitrogen and oxygen atoms in total. The monoisotopic (exact) mass is 306 g/mol. The fourth-order valence-corrected chi connectivity index (χ4v) is 7.35. The van der Waals surface area contributed by atoms with Crippen LogP contribution in [0.4, 0.5) is 0 Å². The molecule has 1 saturated heterocycles. The summed E-state index contributed by atoms with van der Waals surface area (Å²) in [5.41, 5.74) is 0.616. The highest BCUT2D eigenvalue weighted by Crippen LogP contribution is 2.56. The van der Waals surface area contributed by atoms with Crippen LogP contribution in [0.2, 0.25) is 0 Å². The zero-order valence-corrected chi connectivity index (χ0v) is 13.6. The number of nitrogens with zero attached hydrogens (tertiary/aromatic N) is 1. The maximum absolute atomic E-state index is 5.53. The van der Waals surface area contributed by atoms with Crippen LogP contribution in [0.1, 0.15) is 51.4 Å². The minimum Gasteiger partial charge on any atom is -0.381 e. The van der Waals surface area contributed by atoms with Crippen molar-refractivity contribution in [2.75, 3.05) is 19.0 Å². The molecule has 4 bridgehead atoms. The molecule has 4 aliphatic carbocycles. The van der Waals surface area contributed by atoms with E-state index in [0.717, 1.165) is 43.8 Å². The third-order valence-electron chi connectivity index (χ3n) is 6.65. The second-order valence-corrected chi connectivity index (χ2v) is 9.33. The van der Waals surface area contributed by atoms with Crippen LogP contribution in [0, 0.1) is 17.8 Å². The van der Waals surface area contributed by atoms with Gasteiger partial charge in [0.1, 0.15) is 0 Å². The van der Waals surface area contributed by atoms with Crippen LogP contribution in [0.15, 0.2) is 4.99 Å². The predicted molar refractivity (Wildman–Crippen MR) is 86.7 cm³/mol. The predicted octanol–water partition coefficient (Wildman–Crippen LogP) is 3.20. The molecule has 0 aromatic rings. The Bertz CT molecular complexity index is 434. The molecule has 6 rings (SSSR count). The van der Waals surface area contributed by atoms with Crippen molar-refractivity contribution in [3.05, 3.63) is 0 Å². The number of aliphatic imine (C=N–C) groups is 1. The summed E-state index contributed by atoms with van der Waals surface area (Å²) in [6, 6.07) is 0. The van der Waals surface area contributed by atoms with Crippen LogP contribution < -0.4 is 5.32 Å². The van der Waals surface area contributed by atoms with Crippen LogP contribution in [0.3, 0.4) is 0 Å². The zero-order chi connectivity index (χ0) is 13.9. The average Bonchev–Trinajstić information content (AvgIpc) is 2.79. The molecule has 2 heterocycles. The first-order valence-corrected chi connectivity index (χ1v) is 9.80. The van der Waals surface area contributed by atoms with Gasteiger partial charge in [0.2, 0.25) is 0 Å². The molecule has 5 fully saturated rings. The third kappa shape index (κ3) is 2.24. The molecule has 0 aromatic carbocycles. The number of amidine groups is 1. The highest BCUT2D eigenvalue weighted by molar-refractivity contribution is 8.14. The van der Waals surface area contributed by atoms with Gasteiger partial charge in [0.25, 0.3) is 0 Å². The van der Waals surface area contributed by atoms with Crippen molar-refractivity contribution in [1.82, 2.24) is 5.32 Å². The second kappa shape index (κ2) is 4.64. The summed E-state index contributed by atoms with van der Waals surface area (Å²) in [7, 11) is 0. The van der Waals surface area contributed by atoms with E-state index in [0.29, 0.717) is 5.54 Å². The van der Waals surface area contributed by atoms with Crippen molar-refractivity contribution in [1.29, 1.82) is 0 Å². The number of rotatable bonds is 1. The zero-order valence-electron chi connectivity index (χ0n) is 12.8. The normalized spacial score (nSPS) is 46.9. The van der Waals surface area contributed by atoms with Gasteiger partial charge in [-0.25, -0.2) is 0 Å². The van der Waals surface area contributed by atoms with Gasteiger partial charge in [0.05, 0.1) is 5.54 Å². The number of thioether (sulfide) groups is 1. The van der Waals surface area contributed by atoms with Crippen LogP contribution in [0.25, 0.3) is 0 Å². The summed E-state index contributed by atoms with van der Waals surface area (Å²) in [6.07, 6.45) is 11.0. The first-order chi connectivity index (χ1) is 10.2. The maximum Gasteiger partial charge on any atom is 0.157 e. The Labute approximate surface area is 131 Å². The largest absolute Gasteiger partial charge is 0.381 e. The van der Waals surface area contributed by atoms with E-state index < -0.39 is 0 Å². The van der Waals surface area contributed by atoms with Crippen molar-refractivity contribution in [2.24, 2.45) is 22.7 Å². The van der Waals surface area contributed by atoms with Crippen molar-refractivity contribution in [2.45, 2.75) is 62.4 Å². The van der Waals surface area contributed by atoms with Crippen LogP contribution in [0.5, 0.6) is 0 Å². The molecule has 4 saturated carbocycles. The van der Waals surface area contributed by atoms with Gasteiger partial charge >= 0.3 is 0 Å². The van der Waals surface area contributed by atoms with Gasteiger partial charge < -0.3 is 10.1 Å². The number of ether oxygens (including phenoxy) is 1. The van der Waals surface area contributed by atoms with Gasteiger partial charge in [-0.05, 0) is 69.1 Å². The van der Waals surface area contributed by atoms with E-state index >= 15 is 0 Å². The fraction of sp³-hybridized carbons (Fsp3) is 0.941. The van der Waals surface area contributed by atoms with Crippen LogP contribution in [-0.4, -0.2) is 35.2 Å². The highest BCUT2D eigenvalue weighted by Gasteiger charge is 2.52. The lowest BCUT2D eigenvalue weighted by Crippen LogP contribution is -2.59. The molecule has 21 heavy (non-hydrogen) atoms. The summed E-state index contributed by atoms with van der Waals surface area (Å²) in [6.45, 7) is 1.80. The Morgan fingerprint density at radius 3 is 2.24 bits per heavy atom. The summed E-state index contributed by atoms with van der Waals surface area (Å²) in [4.78, 5) is 5.14. The smallest absolute Gasteiger partial charge is 0.157 e. The van der Waals surface area contributed by atoms with Gasteiger partial charge in [0.15, 0.2) is 5.17 Å². The van der Waals surface area contributed by atoms with E-state index in [9.17, 15) is 0 Å².